The van der Waals surface area contributed by atoms with Crippen LogP contribution in [0.3, 0.4) is 0 Å². The van der Waals surface area contributed by atoms with E-state index in [0.717, 1.165) is 45.6 Å². The van der Waals surface area contributed by atoms with Crippen molar-refractivity contribution in [1.82, 2.24) is 15.5 Å². The summed E-state index contributed by atoms with van der Waals surface area (Å²) >= 11 is 0. The summed E-state index contributed by atoms with van der Waals surface area (Å²) in [5.74, 6) is 0.125. The summed E-state index contributed by atoms with van der Waals surface area (Å²) < 4.78 is 5.74. The molecule has 0 aromatic carbocycles. The number of ether oxygens (including phenoxy) is 1. The van der Waals surface area contributed by atoms with Gasteiger partial charge in [-0.3, -0.25) is 9.69 Å². The maximum atomic E-state index is 12.1. The monoisotopic (exact) mass is 283 g/mol. The van der Waals surface area contributed by atoms with Crippen molar-refractivity contribution in [2.75, 3.05) is 32.8 Å². The first-order valence-corrected chi connectivity index (χ1v) is 8.06. The van der Waals surface area contributed by atoms with Crippen LogP contribution in [0.1, 0.15) is 39.5 Å². The van der Waals surface area contributed by atoms with E-state index in [4.69, 9.17) is 4.74 Å². The summed E-state index contributed by atoms with van der Waals surface area (Å²) in [5, 5.41) is 6.44. The number of nitrogens with zero attached hydrogens (tertiary/aromatic N) is 1. The predicted molar refractivity (Wildman–Crippen MR) is 79.7 cm³/mol. The van der Waals surface area contributed by atoms with Gasteiger partial charge in [-0.1, -0.05) is 19.8 Å². The molecule has 0 aromatic rings. The zero-order chi connectivity index (χ0) is 14.4. The van der Waals surface area contributed by atoms with Gasteiger partial charge in [-0.25, -0.2) is 0 Å². The lowest BCUT2D eigenvalue weighted by atomic mass is 10.2. The van der Waals surface area contributed by atoms with Gasteiger partial charge < -0.3 is 15.4 Å². The largest absolute Gasteiger partial charge is 0.374 e. The van der Waals surface area contributed by atoms with Crippen molar-refractivity contribution in [2.24, 2.45) is 0 Å². The van der Waals surface area contributed by atoms with Crippen LogP contribution in [-0.4, -0.2) is 61.8 Å². The van der Waals surface area contributed by atoms with Crippen molar-refractivity contribution in [3.8, 4) is 0 Å². The zero-order valence-corrected chi connectivity index (χ0v) is 12.9. The van der Waals surface area contributed by atoms with Gasteiger partial charge in [0.05, 0.1) is 18.8 Å². The fourth-order valence-electron chi connectivity index (χ4n) is 2.99. The molecule has 0 radical (unpaired) electrons. The highest BCUT2D eigenvalue weighted by Crippen LogP contribution is 2.17. The van der Waals surface area contributed by atoms with Crippen LogP contribution in [0.5, 0.6) is 0 Å². The van der Waals surface area contributed by atoms with Crippen LogP contribution >= 0.6 is 0 Å². The molecule has 0 aromatic heterocycles. The standard InChI is InChI=1S/C15H29N3O2/c1-3-18-8-9-20-14(11-18)10-16-12(2)15(19)17-13-6-4-5-7-13/h12-14,16H,3-11H2,1-2H3,(H,17,19). The molecule has 0 spiro atoms. The Bertz CT molecular complexity index is 305. The molecule has 1 saturated heterocycles. The van der Waals surface area contributed by atoms with Crippen molar-refractivity contribution < 1.29 is 9.53 Å². The normalized spacial score (nSPS) is 26.6. The topological polar surface area (TPSA) is 53.6 Å². The molecule has 2 atom stereocenters. The Morgan fingerprint density at radius 3 is 2.85 bits per heavy atom. The molecule has 2 fully saturated rings. The fourth-order valence-corrected chi connectivity index (χ4v) is 2.99. The first-order chi connectivity index (χ1) is 9.69. The van der Waals surface area contributed by atoms with Gasteiger partial charge in [0, 0.05) is 25.7 Å². The zero-order valence-electron chi connectivity index (χ0n) is 12.9. The third-order valence-corrected chi connectivity index (χ3v) is 4.42. The Morgan fingerprint density at radius 2 is 2.15 bits per heavy atom. The van der Waals surface area contributed by atoms with E-state index in [1.165, 1.54) is 12.8 Å². The van der Waals surface area contributed by atoms with Gasteiger partial charge in [0.25, 0.3) is 0 Å². The summed E-state index contributed by atoms with van der Waals surface area (Å²) in [6.45, 7) is 8.69. The van der Waals surface area contributed by atoms with Crippen molar-refractivity contribution in [3.63, 3.8) is 0 Å². The van der Waals surface area contributed by atoms with E-state index in [2.05, 4.69) is 22.5 Å². The lowest BCUT2D eigenvalue weighted by molar-refractivity contribution is -0.123. The molecule has 1 aliphatic carbocycles. The lowest BCUT2D eigenvalue weighted by Gasteiger charge is -2.32. The SMILES string of the molecule is CCN1CCOC(CNC(C)C(=O)NC2CCCC2)C1. The smallest absolute Gasteiger partial charge is 0.237 e. The minimum Gasteiger partial charge on any atom is -0.374 e. The molecule has 1 aliphatic heterocycles. The van der Waals surface area contributed by atoms with Gasteiger partial charge in [-0.2, -0.15) is 0 Å². The van der Waals surface area contributed by atoms with E-state index in [-0.39, 0.29) is 18.1 Å². The second-order valence-electron chi connectivity index (χ2n) is 6.01. The number of carbonyl (C=O) groups excluding carboxylic acids is 1. The summed E-state index contributed by atoms with van der Waals surface area (Å²) in [6.07, 6.45) is 4.96. The molecule has 20 heavy (non-hydrogen) atoms. The third kappa shape index (κ3) is 4.72. The molecular formula is C15H29N3O2. The van der Waals surface area contributed by atoms with Gasteiger partial charge in [0.2, 0.25) is 5.91 Å². The van der Waals surface area contributed by atoms with Crippen molar-refractivity contribution in [1.29, 1.82) is 0 Å². The van der Waals surface area contributed by atoms with Gasteiger partial charge in [-0.05, 0) is 26.3 Å². The Balaban J connectivity index is 1.65. The number of rotatable bonds is 6. The van der Waals surface area contributed by atoms with Gasteiger partial charge in [0.15, 0.2) is 0 Å². The lowest BCUT2D eigenvalue weighted by Crippen LogP contribution is -2.51. The molecule has 2 rings (SSSR count). The van der Waals surface area contributed by atoms with Crippen molar-refractivity contribution in [2.45, 2.75) is 57.7 Å². The van der Waals surface area contributed by atoms with Crippen LogP contribution in [0, 0.1) is 0 Å². The highest BCUT2D eigenvalue weighted by Gasteiger charge is 2.23. The average Bonchev–Trinajstić information content (AvgIpc) is 2.97. The molecule has 2 N–H and O–H groups in total. The van der Waals surface area contributed by atoms with E-state index in [1.807, 2.05) is 6.92 Å². The summed E-state index contributed by atoms with van der Waals surface area (Å²) in [5.41, 5.74) is 0. The van der Waals surface area contributed by atoms with Gasteiger partial charge in [-0.15, -0.1) is 0 Å². The van der Waals surface area contributed by atoms with Crippen molar-refractivity contribution >= 4 is 5.91 Å². The Morgan fingerprint density at radius 1 is 1.40 bits per heavy atom. The molecule has 2 unspecified atom stereocenters. The number of nitrogens with one attached hydrogen (secondary N) is 2. The summed E-state index contributed by atoms with van der Waals surface area (Å²) in [4.78, 5) is 14.5. The van der Waals surface area contributed by atoms with E-state index < -0.39 is 0 Å². The van der Waals surface area contributed by atoms with Crippen LogP contribution in [-0.2, 0) is 9.53 Å². The van der Waals surface area contributed by atoms with Crippen molar-refractivity contribution in [3.05, 3.63) is 0 Å². The number of morpholine rings is 1. The Kier molecular flexibility index (Phi) is 6.26. The number of amides is 1. The van der Waals surface area contributed by atoms with Crippen LogP contribution in [0.25, 0.3) is 0 Å². The number of hydrogen-bond donors (Lipinski definition) is 2. The molecule has 2 aliphatic rings. The Hall–Kier alpha value is -0.650. The Labute approximate surface area is 122 Å². The third-order valence-electron chi connectivity index (χ3n) is 4.42. The molecular weight excluding hydrogens is 254 g/mol. The first-order valence-electron chi connectivity index (χ1n) is 8.06. The molecule has 116 valence electrons. The maximum Gasteiger partial charge on any atom is 0.237 e. The quantitative estimate of drug-likeness (QED) is 0.755. The molecule has 1 heterocycles. The number of likely N-dealkylation sites (N-methyl/N-ethyl adjacent to an activating group) is 1. The van der Waals surface area contributed by atoms with E-state index >= 15 is 0 Å². The first kappa shape index (κ1) is 15.7. The number of hydrogen-bond acceptors (Lipinski definition) is 4. The molecule has 5 heteroatoms. The van der Waals surface area contributed by atoms with Gasteiger partial charge in [0.1, 0.15) is 0 Å². The summed E-state index contributed by atoms with van der Waals surface area (Å²) in [7, 11) is 0. The van der Waals surface area contributed by atoms with E-state index in [0.29, 0.717) is 6.04 Å². The maximum absolute atomic E-state index is 12.1. The molecule has 1 saturated carbocycles. The fraction of sp³-hybridized carbons (Fsp3) is 0.933. The second-order valence-corrected chi connectivity index (χ2v) is 6.01. The van der Waals surface area contributed by atoms with Crippen LogP contribution in [0.4, 0.5) is 0 Å². The highest BCUT2D eigenvalue weighted by molar-refractivity contribution is 5.81. The van der Waals surface area contributed by atoms with Gasteiger partial charge >= 0.3 is 0 Å². The minimum absolute atomic E-state index is 0.125. The van der Waals surface area contributed by atoms with Crippen LogP contribution < -0.4 is 10.6 Å². The molecule has 5 nitrogen and oxygen atoms in total. The predicted octanol–water partition coefficient (Wildman–Crippen LogP) is 0.744. The van der Waals surface area contributed by atoms with Crippen LogP contribution in [0.15, 0.2) is 0 Å². The minimum atomic E-state index is -0.142. The molecule has 1 amide bonds. The van der Waals surface area contributed by atoms with Crippen LogP contribution in [0.2, 0.25) is 0 Å². The van der Waals surface area contributed by atoms with E-state index in [9.17, 15) is 4.79 Å². The highest BCUT2D eigenvalue weighted by atomic mass is 16.5. The second kappa shape index (κ2) is 7.96. The molecule has 0 bridgehead atoms. The summed E-state index contributed by atoms with van der Waals surface area (Å²) in [6, 6.07) is 0.254. The van der Waals surface area contributed by atoms with E-state index in [1.54, 1.807) is 0 Å². The number of carbonyl (C=O) groups is 1. The average molecular weight is 283 g/mol.